The molecule has 3 amide bonds. The number of likely N-dealkylation sites (tertiary alicyclic amines) is 1. The Morgan fingerprint density at radius 2 is 1.48 bits per heavy atom. The molecule has 2 aliphatic rings. The van der Waals surface area contributed by atoms with Crippen LogP contribution in [0.1, 0.15) is 54.2 Å². The number of amides is 3. The molecule has 2 atom stereocenters. The van der Waals surface area contributed by atoms with E-state index in [1.165, 1.54) is 31.0 Å². The number of carbonyl (C=O) groups excluding carboxylic acids is 2. The van der Waals surface area contributed by atoms with Gasteiger partial charge in [-0.15, -0.1) is 5.10 Å². The smallest absolute Gasteiger partial charge is 0.408 e. The first-order valence-electron chi connectivity index (χ1n) is 14.4. The van der Waals surface area contributed by atoms with Crippen LogP contribution in [0.25, 0.3) is 0 Å². The molecule has 9 nitrogen and oxygen atoms in total. The summed E-state index contributed by atoms with van der Waals surface area (Å²) in [4.78, 5) is 30.7. The van der Waals surface area contributed by atoms with Gasteiger partial charge in [0.05, 0.1) is 17.2 Å². The van der Waals surface area contributed by atoms with Crippen molar-refractivity contribution in [1.29, 1.82) is 0 Å². The molecule has 0 radical (unpaired) electrons. The van der Waals surface area contributed by atoms with Gasteiger partial charge in [-0.1, -0.05) is 17.2 Å². The summed E-state index contributed by atoms with van der Waals surface area (Å²) in [5, 5.41) is 8.41. The largest absolute Gasteiger partial charge is 0.416 e. The van der Waals surface area contributed by atoms with Crippen LogP contribution in [-0.4, -0.2) is 78.3 Å². The van der Waals surface area contributed by atoms with Crippen molar-refractivity contribution in [2.75, 3.05) is 50.1 Å². The second kappa shape index (κ2) is 12.4. The summed E-state index contributed by atoms with van der Waals surface area (Å²) in [6.07, 6.45) is -8.90. The molecule has 0 unspecified atom stereocenters. The molecule has 2 aliphatic heterocycles. The molecule has 2 saturated heterocycles. The number of carbonyl (C=O) groups is 2. The Kier molecular flexibility index (Phi) is 8.92. The predicted molar refractivity (Wildman–Crippen MR) is 152 cm³/mol. The number of nitrogens with zero attached hydrogens (tertiary/aromatic N) is 6. The van der Waals surface area contributed by atoms with E-state index in [1.54, 1.807) is 21.9 Å². The highest BCUT2D eigenvalue weighted by Crippen LogP contribution is 2.40. The van der Waals surface area contributed by atoms with Gasteiger partial charge >= 0.3 is 24.4 Å². The number of aromatic nitrogens is 2. The maximum absolute atomic E-state index is 13.8. The van der Waals surface area contributed by atoms with E-state index in [0.29, 0.717) is 49.5 Å². The lowest BCUT2D eigenvalue weighted by Gasteiger charge is -2.33. The average Bonchev–Trinajstić information content (AvgIpc) is 3.68. The summed E-state index contributed by atoms with van der Waals surface area (Å²) in [6.45, 7) is 2.97. The van der Waals surface area contributed by atoms with Gasteiger partial charge in [-0.05, 0) is 48.7 Å². The lowest BCUT2D eigenvalue weighted by atomic mass is 9.93. The molecule has 5 rings (SSSR count). The van der Waals surface area contributed by atoms with Crippen LogP contribution in [0.4, 0.5) is 47.2 Å². The minimum Gasteiger partial charge on any atom is -0.408 e. The molecular weight excluding hydrogens is 625 g/mol. The number of urea groups is 1. The van der Waals surface area contributed by atoms with Crippen molar-refractivity contribution >= 4 is 23.6 Å². The third-order valence-corrected chi connectivity index (χ3v) is 8.62. The number of halogens is 7. The summed E-state index contributed by atoms with van der Waals surface area (Å²) >= 11 is 0. The van der Waals surface area contributed by atoms with Crippen molar-refractivity contribution < 1.29 is 44.7 Å². The number of rotatable bonds is 5. The third-order valence-electron chi connectivity index (χ3n) is 8.62. The van der Waals surface area contributed by atoms with E-state index < -0.39 is 53.0 Å². The normalized spacial score (nSPS) is 19.4. The van der Waals surface area contributed by atoms with Gasteiger partial charge in [0, 0.05) is 64.7 Å². The first kappa shape index (κ1) is 33.0. The van der Waals surface area contributed by atoms with Gasteiger partial charge in [-0.2, -0.15) is 26.3 Å². The van der Waals surface area contributed by atoms with E-state index in [9.17, 15) is 40.3 Å². The number of anilines is 2. The van der Waals surface area contributed by atoms with E-state index in [-0.39, 0.29) is 37.0 Å². The van der Waals surface area contributed by atoms with Gasteiger partial charge in [0.2, 0.25) is 11.8 Å². The first-order valence-corrected chi connectivity index (χ1v) is 14.4. The lowest BCUT2D eigenvalue weighted by Crippen LogP contribution is -2.47. The highest BCUT2D eigenvalue weighted by molar-refractivity contribution is 5.92. The maximum atomic E-state index is 13.8. The highest BCUT2D eigenvalue weighted by atomic mass is 19.4. The van der Waals surface area contributed by atoms with Crippen molar-refractivity contribution in [1.82, 2.24) is 20.0 Å². The monoisotopic (exact) mass is 656 g/mol. The fourth-order valence-electron chi connectivity index (χ4n) is 5.95. The fourth-order valence-corrected chi connectivity index (χ4v) is 5.95. The maximum Gasteiger partial charge on any atom is 0.416 e. The number of benzene rings is 2. The summed E-state index contributed by atoms with van der Waals surface area (Å²) < 4.78 is 101. The second-order valence-electron chi connectivity index (χ2n) is 11.6. The molecule has 16 heteroatoms. The minimum atomic E-state index is -5.08. The van der Waals surface area contributed by atoms with Crippen molar-refractivity contribution in [2.45, 2.75) is 50.0 Å². The zero-order chi connectivity index (χ0) is 33.6. The Morgan fingerprint density at radius 3 is 2.02 bits per heavy atom. The molecule has 3 aromatic rings. The molecule has 46 heavy (non-hydrogen) atoms. The van der Waals surface area contributed by atoms with E-state index in [4.69, 9.17) is 4.42 Å². The van der Waals surface area contributed by atoms with Crippen molar-refractivity contribution in [2.24, 2.45) is 0 Å². The molecule has 2 fully saturated rings. The zero-order valence-corrected chi connectivity index (χ0v) is 25.1. The summed E-state index contributed by atoms with van der Waals surface area (Å²) in [5.74, 6) is -0.631. The number of hydrogen-bond acceptors (Lipinski definition) is 6. The molecule has 1 aromatic heterocycles. The SMILES string of the molecule is CC(=O)N1CCC(c2nnc(N3C[C@@H](N(C)C(=O)N(C)c4cc(C(F)(F)F)cc(C(F)(F)F)c4)[C@H](c4ccc(F)cc4)C3)o2)CC1. The summed E-state index contributed by atoms with van der Waals surface area (Å²) in [5.41, 5.74) is -3.04. The highest BCUT2D eigenvalue weighted by Gasteiger charge is 2.42. The van der Waals surface area contributed by atoms with E-state index >= 15 is 0 Å². The number of alkyl halides is 6. The Morgan fingerprint density at radius 1 is 0.891 bits per heavy atom. The Balaban J connectivity index is 1.40. The van der Waals surface area contributed by atoms with Crippen LogP contribution in [0, 0.1) is 5.82 Å². The van der Waals surface area contributed by atoms with Crippen molar-refractivity contribution in [3.05, 3.63) is 70.9 Å². The molecule has 0 N–H and O–H groups in total. The van der Waals surface area contributed by atoms with Crippen LogP contribution < -0.4 is 9.80 Å². The Hall–Kier alpha value is -4.37. The van der Waals surface area contributed by atoms with Crippen LogP contribution in [0.15, 0.2) is 46.9 Å². The molecule has 0 bridgehead atoms. The summed E-state index contributed by atoms with van der Waals surface area (Å²) in [7, 11) is 2.49. The quantitative estimate of drug-likeness (QED) is 0.307. The lowest BCUT2D eigenvalue weighted by molar-refractivity contribution is -0.143. The van der Waals surface area contributed by atoms with E-state index in [1.807, 2.05) is 0 Å². The van der Waals surface area contributed by atoms with Gasteiger partial charge in [0.1, 0.15) is 5.82 Å². The molecule has 0 saturated carbocycles. The topological polar surface area (TPSA) is 86.0 Å². The number of piperidine rings is 1. The van der Waals surface area contributed by atoms with Gasteiger partial charge in [-0.3, -0.25) is 9.69 Å². The average molecular weight is 657 g/mol. The molecule has 0 spiro atoms. The van der Waals surface area contributed by atoms with E-state index in [0.717, 1.165) is 11.9 Å². The van der Waals surface area contributed by atoms with E-state index in [2.05, 4.69) is 10.2 Å². The fraction of sp³-hybridized carbons (Fsp3) is 0.467. The number of likely N-dealkylation sites (N-methyl/N-ethyl adjacent to an activating group) is 1. The number of hydrogen-bond donors (Lipinski definition) is 0. The van der Waals surface area contributed by atoms with Crippen molar-refractivity contribution in [3.63, 3.8) is 0 Å². The van der Waals surface area contributed by atoms with Crippen LogP contribution >= 0.6 is 0 Å². The van der Waals surface area contributed by atoms with Crippen molar-refractivity contribution in [3.8, 4) is 0 Å². The minimum absolute atomic E-state index is 0.00372. The molecule has 3 heterocycles. The van der Waals surface area contributed by atoms with Gasteiger partial charge < -0.3 is 19.1 Å². The van der Waals surface area contributed by atoms with Crippen LogP contribution in [0.3, 0.4) is 0 Å². The van der Waals surface area contributed by atoms with Gasteiger partial charge in [0.15, 0.2) is 0 Å². The standard InChI is InChI=1S/C30H31F7N6O3/c1-17(44)42-10-8-19(9-11-42)26-38-39-27(46-26)43-15-24(18-4-6-22(31)7-5-18)25(16-43)41(3)28(45)40(2)23-13-20(29(32,33)34)12-21(14-23)30(35,36)37/h4-7,12-14,19,24-25H,8-11,15-16H2,1-3H3/t24-,25+/m0/s1. The van der Waals surface area contributed by atoms with Gasteiger partial charge in [-0.25, -0.2) is 9.18 Å². The first-order chi connectivity index (χ1) is 21.5. The van der Waals surface area contributed by atoms with Crippen LogP contribution in [-0.2, 0) is 17.1 Å². The predicted octanol–water partition coefficient (Wildman–Crippen LogP) is 6.13. The molecule has 248 valence electrons. The summed E-state index contributed by atoms with van der Waals surface area (Å²) in [6, 6.07) is 5.19. The Labute approximate surface area is 259 Å². The molecule has 2 aromatic carbocycles. The van der Waals surface area contributed by atoms with Crippen LogP contribution in [0.2, 0.25) is 0 Å². The molecule has 0 aliphatic carbocycles. The Bertz CT molecular complexity index is 1540. The zero-order valence-electron chi connectivity index (χ0n) is 25.1. The van der Waals surface area contributed by atoms with Crippen LogP contribution in [0.5, 0.6) is 0 Å². The molecular formula is C30H31F7N6O3. The van der Waals surface area contributed by atoms with Gasteiger partial charge in [0.25, 0.3) is 0 Å². The second-order valence-corrected chi connectivity index (χ2v) is 11.6. The third kappa shape index (κ3) is 6.89.